The molecule has 0 radical (unpaired) electrons. The zero-order chi connectivity index (χ0) is 9.14. The summed E-state index contributed by atoms with van der Waals surface area (Å²) in [4.78, 5) is 11.1. The first-order valence-corrected chi connectivity index (χ1v) is 5.16. The average Bonchev–Trinajstić information content (AvgIpc) is 2.04. The Kier molecular flexibility index (Phi) is 3.46. The van der Waals surface area contributed by atoms with Crippen LogP contribution in [0.15, 0.2) is 0 Å². The summed E-state index contributed by atoms with van der Waals surface area (Å²) in [7, 11) is 3.57. The molecule has 1 aliphatic carbocycles. The highest BCUT2D eigenvalue weighted by Crippen LogP contribution is 2.30. The van der Waals surface area contributed by atoms with Gasteiger partial charge >= 0.3 is 0 Å². The van der Waals surface area contributed by atoms with E-state index in [1.54, 1.807) is 6.92 Å². The van der Waals surface area contributed by atoms with Gasteiger partial charge in [0.25, 0.3) is 0 Å². The van der Waals surface area contributed by atoms with Gasteiger partial charge in [0, 0.05) is 5.92 Å². The van der Waals surface area contributed by atoms with E-state index < -0.39 is 0 Å². The van der Waals surface area contributed by atoms with Crippen LogP contribution in [0.5, 0.6) is 0 Å². The molecule has 1 saturated carbocycles. The van der Waals surface area contributed by atoms with Crippen molar-refractivity contribution in [2.75, 3.05) is 0 Å². The Morgan fingerprint density at radius 3 is 2.33 bits per heavy atom. The van der Waals surface area contributed by atoms with Crippen LogP contribution in [0, 0.1) is 11.8 Å². The van der Waals surface area contributed by atoms with E-state index in [-0.39, 0.29) is 0 Å². The molecule has 0 bridgehead atoms. The van der Waals surface area contributed by atoms with Gasteiger partial charge in [0.15, 0.2) is 0 Å². The second kappa shape index (κ2) is 4.18. The van der Waals surface area contributed by atoms with Crippen molar-refractivity contribution >= 4 is 19.9 Å². The largest absolute Gasteiger partial charge is 0.300 e. The average molecular weight is 184 g/mol. The SMILES string of the molecule is CC(=O)C1CCCC(C(C)=P)C1. The van der Waals surface area contributed by atoms with Gasteiger partial charge in [0.1, 0.15) is 5.78 Å². The van der Waals surface area contributed by atoms with Crippen molar-refractivity contribution in [3.05, 3.63) is 0 Å². The molecule has 2 atom stereocenters. The lowest BCUT2D eigenvalue weighted by molar-refractivity contribution is -0.121. The first kappa shape index (κ1) is 9.92. The van der Waals surface area contributed by atoms with E-state index in [9.17, 15) is 4.79 Å². The highest BCUT2D eigenvalue weighted by molar-refractivity contribution is 7.21. The second-order valence-electron chi connectivity index (χ2n) is 3.85. The van der Waals surface area contributed by atoms with Gasteiger partial charge in [-0.15, -0.1) is 8.86 Å². The molecule has 0 aliphatic heterocycles. The first-order valence-electron chi connectivity index (χ1n) is 4.66. The smallest absolute Gasteiger partial charge is 0.132 e. The number of rotatable bonds is 2. The van der Waals surface area contributed by atoms with Crippen LogP contribution in [0.2, 0.25) is 0 Å². The number of ketones is 1. The number of carbonyl (C=O) groups excluding carboxylic acids is 1. The van der Waals surface area contributed by atoms with Crippen LogP contribution in [-0.4, -0.2) is 11.1 Å². The van der Waals surface area contributed by atoms with Gasteiger partial charge in [-0.1, -0.05) is 11.7 Å². The monoisotopic (exact) mass is 184 g/mol. The minimum absolute atomic E-state index is 0.329. The minimum atomic E-state index is 0.329. The van der Waals surface area contributed by atoms with E-state index in [1.165, 1.54) is 18.1 Å². The van der Waals surface area contributed by atoms with Gasteiger partial charge in [-0.3, -0.25) is 4.79 Å². The summed E-state index contributed by atoms with van der Waals surface area (Å²) in [6.45, 7) is 3.82. The van der Waals surface area contributed by atoms with Gasteiger partial charge < -0.3 is 0 Å². The molecule has 1 rings (SSSR count). The van der Waals surface area contributed by atoms with E-state index in [1.807, 2.05) is 0 Å². The van der Waals surface area contributed by atoms with Crippen molar-refractivity contribution in [1.29, 1.82) is 0 Å². The fourth-order valence-electron chi connectivity index (χ4n) is 1.95. The molecule has 0 heterocycles. The van der Waals surface area contributed by atoms with Crippen LogP contribution in [0.1, 0.15) is 39.5 Å². The van der Waals surface area contributed by atoms with E-state index in [0.717, 1.165) is 12.8 Å². The molecule has 0 amide bonds. The number of hydrogen-bond donors (Lipinski definition) is 0. The van der Waals surface area contributed by atoms with Crippen molar-refractivity contribution < 1.29 is 4.79 Å². The lowest BCUT2D eigenvalue weighted by Crippen LogP contribution is -2.24. The fraction of sp³-hybridized carbons (Fsp3) is 0.800. The maximum atomic E-state index is 11.1. The molecule has 12 heavy (non-hydrogen) atoms. The summed E-state index contributed by atoms with van der Waals surface area (Å²) in [5, 5.41) is 1.31. The molecule has 0 saturated heterocycles. The fourth-order valence-corrected chi connectivity index (χ4v) is 2.21. The summed E-state index contributed by atoms with van der Waals surface area (Å²) in [6, 6.07) is 0. The number of Topliss-reactive ketones (excluding diaryl/α,β-unsaturated/α-hetero) is 1. The lowest BCUT2D eigenvalue weighted by Gasteiger charge is -2.27. The predicted molar refractivity (Wildman–Crippen MR) is 55.1 cm³/mol. The Balaban J connectivity index is 2.51. The van der Waals surface area contributed by atoms with Crippen molar-refractivity contribution in [3.63, 3.8) is 0 Å². The van der Waals surface area contributed by atoms with Gasteiger partial charge in [-0.2, -0.15) is 0 Å². The first-order chi connectivity index (χ1) is 5.61. The Labute approximate surface area is 76.8 Å². The molecule has 68 valence electrons. The Morgan fingerprint density at radius 2 is 1.83 bits per heavy atom. The van der Waals surface area contributed by atoms with E-state index in [2.05, 4.69) is 15.8 Å². The van der Waals surface area contributed by atoms with Crippen LogP contribution >= 0.6 is 8.86 Å². The van der Waals surface area contributed by atoms with Gasteiger partial charge in [-0.05, 0) is 39.0 Å². The normalized spacial score (nSPS) is 29.8. The van der Waals surface area contributed by atoms with Crippen LogP contribution < -0.4 is 0 Å². The quantitative estimate of drug-likeness (QED) is 0.603. The Hall–Kier alpha value is -0.160. The Bertz CT molecular complexity index is 178. The molecule has 2 unspecified atom stereocenters. The van der Waals surface area contributed by atoms with Crippen molar-refractivity contribution in [1.82, 2.24) is 0 Å². The molecule has 2 heteroatoms. The summed E-state index contributed by atoms with van der Waals surface area (Å²) in [6.07, 6.45) is 4.62. The van der Waals surface area contributed by atoms with Crippen LogP contribution in [0.3, 0.4) is 0 Å². The second-order valence-corrected chi connectivity index (χ2v) is 4.64. The van der Waals surface area contributed by atoms with Crippen molar-refractivity contribution in [2.24, 2.45) is 11.8 Å². The van der Waals surface area contributed by atoms with Crippen LogP contribution in [0.4, 0.5) is 0 Å². The molecule has 1 nitrogen and oxygen atoms in total. The summed E-state index contributed by atoms with van der Waals surface area (Å²) in [5.74, 6) is 1.33. The highest BCUT2D eigenvalue weighted by atomic mass is 31.0. The highest BCUT2D eigenvalue weighted by Gasteiger charge is 2.25. The zero-order valence-corrected chi connectivity index (χ0v) is 8.89. The summed E-state index contributed by atoms with van der Waals surface area (Å²) < 4.78 is 0. The number of hydrogen-bond acceptors (Lipinski definition) is 1. The molecular formula is C10H17OP. The molecule has 0 aromatic rings. The maximum Gasteiger partial charge on any atom is 0.132 e. The van der Waals surface area contributed by atoms with E-state index in [4.69, 9.17) is 0 Å². The number of carbonyl (C=O) groups is 1. The third kappa shape index (κ3) is 2.42. The molecule has 0 aromatic heterocycles. The van der Waals surface area contributed by atoms with Gasteiger partial charge in [0.05, 0.1) is 0 Å². The summed E-state index contributed by atoms with van der Waals surface area (Å²) in [5.41, 5.74) is 0. The van der Waals surface area contributed by atoms with Crippen LogP contribution in [-0.2, 0) is 4.79 Å². The van der Waals surface area contributed by atoms with E-state index >= 15 is 0 Å². The minimum Gasteiger partial charge on any atom is -0.300 e. The standard InChI is InChI=1S/C10H17OP/c1-7(11)9-4-3-5-10(6-9)8(2)12/h9-10,12H,3-6H2,1-2H3. The third-order valence-electron chi connectivity index (χ3n) is 2.86. The lowest BCUT2D eigenvalue weighted by atomic mass is 9.78. The van der Waals surface area contributed by atoms with E-state index in [0.29, 0.717) is 17.6 Å². The molecule has 0 spiro atoms. The predicted octanol–water partition coefficient (Wildman–Crippen LogP) is 2.72. The van der Waals surface area contributed by atoms with Crippen LogP contribution in [0.25, 0.3) is 0 Å². The molecule has 1 aliphatic rings. The topological polar surface area (TPSA) is 17.1 Å². The molecule has 1 fully saturated rings. The Morgan fingerprint density at radius 1 is 1.25 bits per heavy atom. The summed E-state index contributed by atoms with van der Waals surface area (Å²) >= 11 is 0. The zero-order valence-electron chi connectivity index (χ0n) is 7.89. The van der Waals surface area contributed by atoms with Gasteiger partial charge in [-0.25, -0.2) is 0 Å². The molecular weight excluding hydrogens is 167 g/mol. The van der Waals surface area contributed by atoms with Gasteiger partial charge in [0.2, 0.25) is 0 Å². The maximum absolute atomic E-state index is 11.1. The van der Waals surface area contributed by atoms with Crippen molar-refractivity contribution in [3.8, 4) is 0 Å². The molecule has 0 N–H and O–H groups in total. The van der Waals surface area contributed by atoms with Crippen molar-refractivity contribution in [2.45, 2.75) is 39.5 Å². The molecule has 0 aromatic carbocycles. The third-order valence-corrected chi connectivity index (χ3v) is 3.27.